The number of rotatable bonds is 7. The topological polar surface area (TPSA) is 108 Å². The second kappa shape index (κ2) is 10.0. The first-order valence-corrected chi connectivity index (χ1v) is 10.6. The van der Waals surface area contributed by atoms with E-state index >= 15 is 0 Å². The summed E-state index contributed by atoms with van der Waals surface area (Å²) in [5, 5.41) is 15.0. The number of hydrogen-bond donors (Lipinski definition) is 3. The van der Waals surface area contributed by atoms with Crippen molar-refractivity contribution in [1.82, 2.24) is 0 Å². The number of hydrogen-bond acceptors (Lipinski definition) is 5. The van der Waals surface area contributed by atoms with Crippen LogP contribution in [-0.2, 0) is 11.4 Å². The Hall–Kier alpha value is -4.10. The molecule has 3 N–H and O–H groups in total. The first kappa shape index (κ1) is 22.1. The SMILES string of the molecule is O=C(CCC1=Nc2ccccc2C(=O)C1)Nc1ccc(C(=O)Nc2ccccc2CO)cc1. The van der Waals surface area contributed by atoms with Crippen molar-refractivity contribution in [3.05, 3.63) is 89.5 Å². The molecule has 0 saturated heterocycles. The van der Waals surface area contributed by atoms with E-state index in [0.717, 1.165) is 0 Å². The van der Waals surface area contributed by atoms with E-state index in [-0.39, 0.29) is 37.0 Å². The summed E-state index contributed by atoms with van der Waals surface area (Å²) >= 11 is 0. The van der Waals surface area contributed by atoms with Crippen LogP contribution in [0.25, 0.3) is 0 Å². The van der Waals surface area contributed by atoms with Crippen molar-refractivity contribution in [3.8, 4) is 0 Å². The van der Waals surface area contributed by atoms with E-state index in [0.29, 0.717) is 45.9 Å². The van der Waals surface area contributed by atoms with Crippen LogP contribution in [0.2, 0.25) is 0 Å². The van der Waals surface area contributed by atoms with Crippen molar-refractivity contribution < 1.29 is 19.5 Å². The van der Waals surface area contributed by atoms with Crippen LogP contribution in [0.4, 0.5) is 17.1 Å². The number of nitrogens with one attached hydrogen (secondary N) is 2. The van der Waals surface area contributed by atoms with E-state index in [9.17, 15) is 19.5 Å². The zero-order valence-electron chi connectivity index (χ0n) is 17.9. The maximum absolute atomic E-state index is 12.5. The number of nitrogens with zero attached hydrogens (tertiary/aromatic N) is 1. The van der Waals surface area contributed by atoms with Crippen LogP contribution in [0.1, 0.15) is 45.5 Å². The summed E-state index contributed by atoms with van der Waals surface area (Å²) in [6.07, 6.45) is 0.832. The van der Waals surface area contributed by atoms with Gasteiger partial charge in [0.1, 0.15) is 0 Å². The Labute approximate surface area is 191 Å². The van der Waals surface area contributed by atoms with Crippen molar-refractivity contribution >= 4 is 40.4 Å². The highest BCUT2D eigenvalue weighted by Crippen LogP contribution is 2.26. The molecule has 166 valence electrons. The van der Waals surface area contributed by atoms with Gasteiger partial charge in [-0.05, 0) is 48.9 Å². The number of para-hydroxylation sites is 2. The predicted molar refractivity (Wildman–Crippen MR) is 127 cm³/mol. The standard InChI is InChI=1S/C26H23N3O4/c30-16-18-5-1-3-7-22(18)29-26(33)17-9-11-19(12-10-17)28-25(32)14-13-20-15-24(31)21-6-2-4-8-23(21)27-20/h1-12,30H,13-16H2,(H,28,32)(H,29,33). The van der Waals surface area contributed by atoms with Crippen LogP contribution in [-0.4, -0.2) is 28.4 Å². The van der Waals surface area contributed by atoms with Crippen LogP contribution in [0.15, 0.2) is 77.8 Å². The number of aliphatic hydroxyl groups is 1. The van der Waals surface area contributed by atoms with Crippen LogP contribution in [0.5, 0.6) is 0 Å². The number of benzene rings is 3. The third-order valence-corrected chi connectivity index (χ3v) is 5.36. The largest absolute Gasteiger partial charge is 0.392 e. The molecule has 0 radical (unpaired) electrons. The van der Waals surface area contributed by atoms with E-state index in [2.05, 4.69) is 15.6 Å². The Kier molecular flexibility index (Phi) is 6.71. The van der Waals surface area contributed by atoms with E-state index in [1.807, 2.05) is 12.1 Å². The lowest BCUT2D eigenvalue weighted by molar-refractivity contribution is -0.116. The number of anilines is 2. The third kappa shape index (κ3) is 5.39. The van der Waals surface area contributed by atoms with Gasteiger partial charge in [-0.25, -0.2) is 0 Å². The monoisotopic (exact) mass is 441 g/mol. The van der Waals surface area contributed by atoms with Gasteiger partial charge in [0.2, 0.25) is 5.91 Å². The molecule has 0 atom stereocenters. The molecule has 1 aliphatic rings. The van der Waals surface area contributed by atoms with Crippen LogP contribution >= 0.6 is 0 Å². The van der Waals surface area contributed by atoms with Gasteiger partial charge in [0.25, 0.3) is 5.91 Å². The van der Waals surface area contributed by atoms with Gasteiger partial charge in [-0.1, -0.05) is 30.3 Å². The van der Waals surface area contributed by atoms with E-state index in [4.69, 9.17) is 0 Å². The Morgan fingerprint density at radius 3 is 2.42 bits per heavy atom. The summed E-state index contributed by atoms with van der Waals surface area (Å²) in [6.45, 7) is -0.172. The van der Waals surface area contributed by atoms with Crippen molar-refractivity contribution in [2.45, 2.75) is 25.9 Å². The number of amides is 2. The van der Waals surface area contributed by atoms with Crippen molar-refractivity contribution in [2.75, 3.05) is 10.6 Å². The van der Waals surface area contributed by atoms with E-state index < -0.39 is 0 Å². The maximum Gasteiger partial charge on any atom is 0.255 e. The van der Waals surface area contributed by atoms with Gasteiger partial charge in [0.05, 0.1) is 12.3 Å². The molecule has 4 rings (SSSR count). The van der Waals surface area contributed by atoms with Gasteiger partial charge in [-0.2, -0.15) is 0 Å². The second-order valence-corrected chi connectivity index (χ2v) is 7.69. The molecule has 33 heavy (non-hydrogen) atoms. The molecular formula is C26H23N3O4. The van der Waals surface area contributed by atoms with Crippen LogP contribution in [0.3, 0.4) is 0 Å². The highest BCUT2D eigenvalue weighted by atomic mass is 16.3. The lowest BCUT2D eigenvalue weighted by Gasteiger charge is -2.14. The molecule has 1 aliphatic heterocycles. The average Bonchev–Trinajstić information content (AvgIpc) is 2.83. The van der Waals surface area contributed by atoms with Gasteiger partial charge in [0, 0.05) is 46.6 Å². The Balaban J connectivity index is 1.32. The first-order chi connectivity index (χ1) is 16.0. The summed E-state index contributed by atoms with van der Waals surface area (Å²) in [4.78, 5) is 41.6. The highest BCUT2D eigenvalue weighted by molar-refractivity contribution is 6.16. The highest BCUT2D eigenvalue weighted by Gasteiger charge is 2.20. The number of Topliss-reactive ketones (excluding diaryl/α,β-unsaturated/α-hetero) is 1. The van der Waals surface area contributed by atoms with Crippen LogP contribution < -0.4 is 10.6 Å². The molecule has 7 heteroatoms. The minimum atomic E-state index is -0.311. The fourth-order valence-corrected chi connectivity index (χ4v) is 3.60. The lowest BCUT2D eigenvalue weighted by Crippen LogP contribution is -2.17. The Morgan fingerprint density at radius 1 is 0.909 bits per heavy atom. The number of fused-ring (bicyclic) bond motifs is 1. The zero-order chi connectivity index (χ0) is 23.2. The molecule has 0 unspecified atom stereocenters. The molecule has 3 aromatic carbocycles. The van der Waals surface area contributed by atoms with E-state index in [1.54, 1.807) is 60.7 Å². The minimum Gasteiger partial charge on any atom is -0.392 e. The molecule has 0 fully saturated rings. The molecule has 0 bridgehead atoms. The summed E-state index contributed by atoms with van der Waals surface area (Å²) < 4.78 is 0. The van der Waals surface area contributed by atoms with Crippen molar-refractivity contribution in [3.63, 3.8) is 0 Å². The second-order valence-electron chi connectivity index (χ2n) is 7.69. The molecule has 0 saturated carbocycles. The number of carbonyl (C=O) groups is 3. The molecule has 0 aromatic heterocycles. The summed E-state index contributed by atoms with van der Waals surface area (Å²) in [5.41, 5.74) is 4.14. The number of aliphatic hydroxyl groups excluding tert-OH is 1. The quantitative estimate of drug-likeness (QED) is 0.501. The van der Waals surface area contributed by atoms with Gasteiger partial charge >= 0.3 is 0 Å². The normalized spacial score (nSPS) is 12.5. The summed E-state index contributed by atoms with van der Waals surface area (Å²) in [7, 11) is 0. The molecular weight excluding hydrogens is 418 g/mol. The Bertz CT molecular complexity index is 1230. The zero-order valence-corrected chi connectivity index (χ0v) is 17.9. The molecule has 2 amide bonds. The first-order valence-electron chi connectivity index (χ1n) is 10.6. The van der Waals surface area contributed by atoms with Crippen molar-refractivity contribution in [2.24, 2.45) is 4.99 Å². The van der Waals surface area contributed by atoms with Gasteiger partial charge in [-0.15, -0.1) is 0 Å². The average molecular weight is 441 g/mol. The predicted octanol–water partition coefficient (Wildman–Crippen LogP) is 4.51. The summed E-state index contributed by atoms with van der Waals surface area (Å²) in [6, 6.07) is 20.8. The smallest absolute Gasteiger partial charge is 0.255 e. The number of ketones is 1. The Morgan fingerprint density at radius 2 is 1.64 bits per heavy atom. The maximum atomic E-state index is 12.5. The fourth-order valence-electron chi connectivity index (χ4n) is 3.60. The molecule has 0 aliphatic carbocycles. The van der Waals surface area contributed by atoms with E-state index in [1.165, 1.54) is 0 Å². The van der Waals surface area contributed by atoms with Gasteiger partial charge in [-0.3, -0.25) is 19.4 Å². The van der Waals surface area contributed by atoms with Gasteiger partial charge in [0.15, 0.2) is 5.78 Å². The molecule has 7 nitrogen and oxygen atoms in total. The molecule has 3 aromatic rings. The number of aliphatic imine (C=N–C) groups is 1. The van der Waals surface area contributed by atoms with Crippen LogP contribution in [0, 0.1) is 0 Å². The minimum absolute atomic E-state index is 0.0199. The lowest BCUT2D eigenvalue weighted by atomic mass is 9.98. The summed E-state index contributed by atoms with van der Waals surface area (Å²) in [5.74, 6) is -0.487. The third-order valence-electron chi connectivity index (χ3n) is 5.36. The van der Waals surface area contributed by atoms with Gasteiger partial charge < -0.3 is 15.7 Å². The molecule has 0 spiro atoms. The fraction of sp³-hybridized carbons (Fsp3) is 0.154. The van der Waals surface area contributed by atoms with Crippen molar-refractivity contribution in [1.29, 1.82) is 0 Å². The number of carbonyl (C=O) groups excluding carboxylic acids is 3. The molecule has 1 heterocycles.